The third-order valence-corrected chi connectivity index (χ3v) is 3.83. The van der Waals surface area contributed by atoms with E-state index in [-0.39, 0.29) is 10.9 Å². The standard InChI is InChI=1S/C10H11N5O3S/c16-8(17)7-5-18-10(11-7)19-9-12-13-14-15(9)6-3-1-2-4-6/h5-6H,1-4H2,(H,16,17). The lowest BCUT2D eigenvalue weighted by Crippen LogP contribution is -2.08. The van der Waals surface area contributed by atoms with E-state index in [0.29, 0.717) is 11.2 Å². The number of aromatic carboxylic acids is 1. The van der Waals surface area contributed by atoms with Gasteiger partial charge in [-0.05, 0) is 23.3 Å². The summed E-state index contributed by atoms with van der Waals surface area (Å²) in [6.45, 7) is 0. The topological polar surface area (TPSA) is 107 Å². The van der Waals surface area contributed by atoms with Gasteiger partial charge in [0.25, 0.3) is 5.22 Å². The van der Waals surface area contributed by atoms with E-state index in [4.69, 9.17) is 9.52 Å². The maximum absolute atomic E-state index is 10.7. The zero-order chi connectivity index (χ0) is 13.2. The molecule has 0 atom stereocenters. The van der Waals surface area contributed by atoms with E-state index < -0.39 is 5.97 Å². The van der Waals surface area contributed by atoms with Gasteiger partial charge in [0.15, 0.2) is 5.69 Å². The molecule has 1 N–H and O–H groups in total. The van der Waals surface area contributed by atoms with Crippen molar-refractivity contribution < 1.29 is 14.3 Å². The molecule has 1 aliphatic rings. The summed E-state index contributed by atoms with van der Waals surface area (Å²) in [7, 11) is 0. The van der Waals surface area contributed by atoms with Gasteiger partial charge < -0.3 is 9.52 Å². The predicted octanol–water partition coefficient (Wildman–Crippen LogP) is 1.63. The van der Waals surface area contributed by atoms with Crippen LogP contribution in [-0.2, 0) is 0 Å². The highest BCUT2D eigenvalue weighted by molar-refractivity contribution is 7.98. The third kappa shape index (κ3) is 2.46. The first kappa shape index (κ1) is 12.2. The van der Waals surface area contributed by atoms with Gasteiger partial charge in [-0.15, -0.1) is 5.10 Å². The van der Waals surface area contributed by atoms with Crippen LogP contribution in [0.15, 0.2) is 21.1 Å². The number of hydrogen-bond acceptors (Lipinski definition) is 7. The van der Waals surface area contributed by atoms with Gasteiger partial charge in [0.05, 0.1) is 6.04 Å². The number of carboxylic acid groups (broad SMARTS) is 1. The van der Waals surface area contributed by atoms with Crippen molar-refractivity contribution in [1.29, 1.82) is 0 Å². The third-order valence-electron chi connectivity index (χ3n) is 3.01. The summed E-state index contributed by atoms with van der Waals surface area (Å²) < 4.78 is 6.85. The molecule has 8 nitrogen and oxygen atoms in total. The lowest BCUT2D eigenvalue weighted by Gasteiger charge is -2.09. The average Bonchev–Trinajstić information content (AvgIpc) is 3.09. The second kappa shape index (κ2) is 5.00. The molecule has 2 heterocycles. The van der Waals surface area contributed by atoms with Gasteiger partial charge in [-0.1, -0.05) is 12.8 Å². The number of tetrazole rings is 1. The molecule has 1 aliphatic carbocycles. The van der Waals surface area contributed by atoms with Gasteiger partial charge in [-0.3, -0.25) is 0 Å². The van der Waals surface area contributed by atoms with Crippen molar-refractivity contribution in [1.82, 2.24) is 25.2 Å². The molecule has 0 aromatic carbocycles. The maximum atomic E-state index is 10.7. The van der Waals surface area contributed by atoms with Crippen molar-refractivity contribution >= 4 is 17.7 Å². The molecule has 1 saturated carbocycles. The van der Waals surface area contributed by atoms with Crippen molar-refractivity contribution in [3.63, 3.8) is 0 Å². The molecule has 0 aliphatic heterocycles. The van der Waals surface area contributed by atoms with E-state index in [2.05, 4.69) is 20.5 Å². The number of aromatic nitrogens is 5. The van der Waals surface area contributed by atoms with E-state index in [0.717, 1.165) is 30.9 Å². The Kier molecular flexibility index (Phi) is 3.20. The monoisotopic (exact) mass is 281 g/mol. The van der Waals surface area contributed by atoms with Crippen LogP contribution < -0.4 is 0 Å². The summed E-state index contributed by atoms with van der Waals surface area (Å²) in [5, 5.41) is 21.2. The van der Waals surface area contributed by atoms with E-state index in [1.54, 1.807) is 4.68 Å². The van der Waals surface area contributed by atoms with Crippen LogP contribution >= 0.6 is 11.8 Å². The van der Waals surface area contributed by atoms with Crippen molar-refractivity contribution in [2.24, 2.45) is 0 Å². The van der Waals surface area contributed by atoms with Crippen LogP contribution in [0.25, 0.3) is 0 Å². The lowest BCUT2D eigenvalue weighted by molar-refractivity contribution is 0.0690. The van der Waals surface area contributed by atoms with Gasteiger partial charge in [0.2, 0.25) is 5.16 Å². The molecule has 2 aromatic heterocycles. The number of rotatable bonds is 4. The largest absolute Gasteiger partial charge is 0.476 e. The van der Waals surface area contributed by atoms with Gasteiger partial charge >= 0.3 is 5.97 Å². The number of hydrogen-bond donors (Lipinski definition) is 1. The molecule has 9 heteroatoms. The fourth-order valence-electron chi connectivity index (χ4n) is 2.11. The van der Waals surface area contributed by atoms with Crippen LogP contribution in [0.1, 0.15) is 42.2 Å². The van der Waals surface area contributed by atoms with Crippen LogP contribution in [0.5, 0.6) is 0 Å². The van der Waals surface area contributed by atoms with Gasteiger partial charge in [0, 0.05) is 11.8 Å². The van der Waals surface area contributed by atoms with E-state index in [1.165, 1.54) is 12.8 Å². The van der Waals surface area contributed by atoms with Gasteiger partial charge in [-0.25, -0.2) is 9.48 Å². The number of oxazole rings is 1. The van der Waals surface area contributed by atoms with Crippen molar-refractivity contribution in [3.05, 3.63) is 12.0 Å². The smallest absolute Gasteiger partial charge is 0.357 e. The SMILES string of the molecule is O=C(O)c1coc(Sc2nnnn2C2CCCC2)n1. The first-order valence-electron chi connectivity index (χ1n) is 5.88. The Balaban J connectivity index is 1.79. The highest BCUT2D eigenvalue weighted by Crippen LogP contribution is 2.33. The highest BCUT2D eigenvalue weighted by atomic mass is 32.2. The number of nitrogens with zero attached hydrogens (tertiary/aromatic N) is 5. The van der Waals surface area contributed by atoms with Crippen LogP contribution in [0.2, 0.25) is 0 Å². The molecular formula is C10H11N5O3S. The Bertz CT molecular complexity index is 590. The molecule has 0 amide bonds. The fourth-order valence-corrected chi connectivity index (χ4v) is 2.86. The van der Waals surface area contributed by atoms with Crippen LogP contribution in [-0.4, -0.2) is 36.3 Å². The molecular weight excluding hydrogens is 270 g/mol. The van der Waals surface area contributed by atoms with Crippen LogP contribution in [0, 0.1) is 0 Å². The average molecular weight is 281 g/mol. The van der Waals surface area contributed by atoms with Crippen molar-refractivity contribution in [3.8, 4) is 0 Å². The first-order valence-corrected chi connectivity index (χ1v) is 6.70. The summed E-state index contributed by atoms with van der Waals surface area (Å²) in [5.41, 5.74) is -0.123. The minimum absolute atomic E-state index is 0.123. The highest BCUT2D eigenvalue weighted by Gasteiger charge is 2.23. The quantitative estimate of drug-likeness (QED) is 0.900. The molecule has 0 radical (unpaired) electrons. The second-order valence-corrected chi connectivity index (χ2v) is 5.17. The van der Waals surface area contributed by atoms with Crippen LogP contribution in [0.3, 0.4) is 0 Å². The lowest BCUT2D eigenvalue weighted by atomic mass is 10.3. The minimum atomic E-state index is -1.12. The molecule has 100 valence electrons. The second-order valence-electron chi connectivity index (χ2n) is 4.25. The summed E-state index contributed by atoms with van der Waals surface area (Å²) >= 11 is 1.13. The Morgan fingerprint density at radius 3 is 2.95 bits per heavy atom. The van der Waals surface area contributed by atoms with E-state index in [9.17, 15) is 4.79 Å². The molecule has 0 spiro atoms. The van der Waals surface area contributed by atoms with Gasteiger partial charge in [0.1, 0.15) is 6.26 Å². The van der Waals surface area contributed by atoms with Crippen molar-refractivity contribution in [2.75, 3.05) is 0 Å². The number of carbonyl (C=O) groups is 1. The zero-order valence-corrected chi connectivity index (χ0v) is 10.7. The molecule has 2 aromatic rings. The Hall–Kier alpha value is -1.90. The van der Waals surface area contributed by atoms with Crippen LogP contribution in [0.4, 0.5) is 0 Å². The predicted molar refractivity (Wildman–Crippen MR) is 62.9 cm³/mol. The molecule has 0 saturated heterocycles. The summed E-state index contributed by atoms with van der Waals surface area (Å²) in [5.74, 6) is -1.12. The molecule has 1 fully saturated rings. The summed E-state index contributed by atoms with van der Waals surface area (Å²) in [4.78, 5) is 14.6. The maximum Gasteiger partial charge on any atom is 0.357 e. The number of carboxylic acids is 1. The minimum Gasteiger partial charge on any atom is -0.476 e. The Labute approximate surface area is 112 Å². The van der Waals surface area contributed by atoms with Crippen molar-refractivity contribution in [2.45, 2.75) is 42.1 Å². The molecule has 19 heavy (non-hydrogen) atoms. The fraction of sp³-hybridized carbons (Fsp3) is 0.500. The Morgan fingerprint density at radius 1 is 1.47 bits per heavy atom. The normalized spacial score (nSPS) is 16.0. The molecule has 0 unspecified atom stereocenters. The first-order chi connectivity index (χ1) is 9.24. The summed E-state index contributed by atoms with van der Waals surface area (Å²) in [6, 6.07) is 0.311. The zero-order valence-electron chi connectivity index (χ0n) is 9.89. The van der Waals surface area contributed by atoms with Gasteiger partial charge in [-0.2, -0.15) is 4.98 Å². The summed E-state index contributed by atoms with van der Waals surface area (Å²) in [6.07, 6.45) is 5.58. The molecule has 0 bridgehead atoms. The van der Waals surface area contributed by atoms with E-state index in [1.807, 2.05) is 0 Å². The molecule has 3 rings (SSSR count). The van der Waals surface area contributed by atoms with E-state index >= 15 is 0 Å². The Morgan fingerprint density at radius 2 is 2.26 bits per heavy atom.